The molecule has 1 atom stereocenters. The Bertz CT molecular complexity index is 1180. The number of hydrogen-bond donors (Lipinski definition) is 1. The normalized spacial score (nSPS) is 17.7. The Hall–Kier alpha value is -2.27. The lowest BCUT2D eigenvalue weighted by molar-refractivity contribution is -0.120. The van der Waals surface area contributed by atoms with Crippen LogP contribution in [0, 0.1) is 0 Å². The van der Waals surface area contributed by atoms with E-state index in [-0.39, 0.29) is 15.6 Å². The molecule has 1 amide bonds. The Labute approximate surface area is 182 Å². The predicted molar refractivity (Wildman–Crippen MR) is 118 cm³/mol. The van der Waals surface area contributed by atoms with E-state index in [4.69, 9.17) is 4.74 Å². The minimum atomic E-state index is -3.76. The number of benzene rings is 1. The molecule has 7 nitrogen and oxygen atoms in total. The summed E-state index contributed by atoms with van der Waals surface area (Å²) in [6, 6.07) is 9.73. The number of anilines is 1. The van der Waals surface area contributed by atoms with Crippen molar-refractivity contribution in [3.8, 4) is 0 Å². The van der Waals surface area contributed by atoms with Crippen LogP contribution in [0.25, 0.3) is 10.1 Å². The number of nitrogens with zero attached hydrogens (tertiary/aromatic N) is 1. The average molecular weight is 465 g/mol. The van der Waals surface area contributed by atoms with Crippen LogP contribution in [0.2, 0.25) is 0 Å². The molecule has 1 saturated heterocycles. The van der Waals surface area contributed by atoms with Crippen molar-refractivity contribution in [2.75, 3.05) is 19.0 Å². The minimum absolute atomic E-state index is 0.221. The van der Waals surface area contributed by atoms with Crippen molar-refractivity contribution < 1.29 is 22.7 Å². The van der Waals surface area contributed by atoms with Crippen molar-refractivity contribution in [1.82, 2.24) is 4.31 Å². The highest BCUT2D eigenvalue weighted by atomic mass is 32.2. The van der Waals surface area contributed by atoms with Crippen LogP contribution < -0.4 is 5.32 Å². The standard InChI is InChI=1S/C20H20N2O5S3/c1-27-20(24)18-17(13-7-2-3-9-15(13)29-18)21-19(23)14-8-4-5-11-22(14)30(25,26)16-10-6-12-28-16/h2-3,6-7,9-10,12,14H,4-5,8,11H2,1H3,(H,21,23). The lowest BCUT2D eigenvalue weighted by Gasteiger charge is -2.33. The number of esters is 1. The van der Waals surface area contributed by atoms with Crippen LogP contribution in [0.3, 0.4) is 0 Å². The van der Waals surface area contributed by atoms with Crippen molar-refractivity contribution in [2.24, 2.45) is 0 Å². The average Bonchev–Trinajstić information content (AvgIpc) is 3.42. The molecule has 158 valence electrons. The van der Waals surface area contributed by atoms with Crippen LogP contribution in [0.5, 0.6) is 0 Å². The third-order valence-corrected chi connectivity index (χ3v) is 9.46. The van der Waals surface area contributed by atoms with Gasteiger partial charge in [0.1, 0.15) is 15.1 Å². The number of carbonyl (C=O) groups excluding carboxylic acids is 2. The summed E-state index contributed by atoms with van der Waals surface area (Å²) in [6.45, 7) is 0.284. The Morgan fingerprint density at radius 3 is 2.70 bits per heavy atom. The molecule has 10 heteroatoms. The van der Waals surface area contributed by atoms with E-state index in [1.165, 1.54) is 22.8 Å². The molecule has 30 heavy (non-hydrogen) atoms. The first-order valence-electron chi connectivity index (χ1n) is 9.39. The van der Waals surface area contributed by atoms with Gasteiger partial charge in [-0.3, -0.25) is 4.79 Å². The highest BCUT2D eigenvalue weighted by Crippen LogP contribution is 2.37. The van der Waals surface area contributed by atoms with Gasteiger partial charge in [0, 0.05) is 16.6 Å². The highest BCUT2D eigenvalue weighted by Gasteiger charge is 2.38. The topological polar surface area (TPSA) is 92.8 Å². The maximum Gasteiger partial charge on any atom is 0.350 e. The third kappa shape index (κ3) is 3.76. The maximum atomic E-state index is 13.2. The Morgan fingerprint density at radius 2 is 1.97 bits per heavy atom. The Morgan fingerprint density at radius 1 is 1.17 bits per heavy atom. The summed E-state index contributed by atoms with van der Waals surface area (Å²) in [5.41, 5.74) is 0.367. The van der Waals surface area contributed by atoms with Crippen LogP contribution in [-0.2, 0) is 19.6 Å². The van der Waals surface area contributed by atoms with Crippen molar-refractivity contribution in [3.05, 3.63) is 46.7 Å². The molecule has 1 aromatic carbocycles. The maximum absolute atomic E-state index is 13.2. The molecular weight excluding hydrogens is 444 g/mol. The number of ether oxygens (including phenoxy) is 1. The van der Waals surface area contributed by atoms with E-state index >= 15 is 0 Å². The number of fused-ring (bicyclic) bond motifs is 1. The third-order valence-electron chi connectivity index (χ3n) is 5.03. The number of amides is 1. The fraction of sp³-hybridized carbons (Fsp3) is 0.300. The molecular formula is C20H20N2O5S3. The van der Waals surface area contributed by atoms with Gasteiger partial charge in [-0.15, -0.1) is 22.7 Å². The van der Waals surface area contributed by atoms with E-state index in [0.29, 0.717) is 18.5 Å². The number of piperidine rings is 1. The quantitative estimate of drug-likeness (QED) is 0.578. The van der Waals surface area contributed by atoms with Gasteiger partial charge in [-0.1, -0.05) is 30.7 Å². The fourth-order valence-electron chi connectivity index (χ4n) is 3.59. The first-order valence-corrected chi connectivity index (χ1v) is 12.5. The smallest absolute Gasteiger partial charge is 0.350 e. The SMILES string of the molecule is COC(=O)c1sc2ccccc2c1NC(=O)C1CCCCN1S(=O)(=O)c1cccs1. The van der Waals surface area contributed by atoms with E-state index < -0.39 is 27.9 Å². The van der Waals surface area contributed by atoms with Crippen molar-refractivity contribution in [3.63, 3.8) is 0 Å². The van der Waals surface area contributed by atoms with E-state index in [9.17, 15) is 18.0 Å². The van der Waals surface area contributed by atoms with Crippen LogP contribution in [-0.4, -0.2) is 44.3 Å². The van der Waals surface area contributed by atoms with Gasteiger partial charge in [-0.05, 0) is 30.4 Å². The Balaban J connectivity index is 1.68. The summed E-state index contributed by atoms with van der Waals surface area (Å²) >= 11 is 2.36. The summed E-state index contributed by atoms with van der Waals surface area (Å²) in [5.74, 6) is -0.984. The Kier molecular flexibility index (Phi) is 5.92. The largest absolute Gasteiger partial charge is 0.465 e. The molecule has 0 bridgehead atoms. The minimum Gasteiger partial charge on any atom is -0.465 e. The predicted octanol–water partition coefficient (Wildman–Crippen LogP) is 3.93. The summed E-state index contributed by atoms with van der Waals surface area (Å²) in [6.07, 6.45) is 1.87. The van der Waals surface area contributed by atoms with Crippen molar-refractivity contribution >= 4 is 60.3 Å². The van der Waals surface area contributed by atoms with E-state index in [1.807, 2.05) is 24.3 Å². The highest BCUT2D eigenvalue weighted by molar-refractivity contribution is 7.91. The second kappa shape index (κ2) is 8.46. The number of nitrogens with one attached hydrogen (secondary N) is 1. The zero-order valence-electron chi connectivity index (χ0n) is 16.2. The van der Waals surface area contributed by atoms with Gasteiger partial charge in [-0.25, -0.2) is 13.2 Å². The zero-order chi connectivity index (χ0) is 21.3. The molecule has 1 fully saturated rings. The summed E-state index contributed by atoms with van der Waals surface area (Å²) in [7, 11) is -2.48. The number of rotatable bonds is 5. The molecule has 1 unspecified atom stereocenters. The number of methoxy groups -OCH3 is 1. The summed E-state index contributed by atoms with van der Waals surface area (Å²) in [4.78, 5) is 25.8. The van der Waals surface area contributed by atoms with Crippen LogP contribution in [0.1, 0.15) is 28.9 Å². The molecule has 0 saturated carbocycles. The van der Waals surface area contributed by atoms with E-state index in [1.54, 1.807) is 17.5 Å². The van der Waals surface area contributed by atoms with Gasteiger partial charge in [0.15, 0.2) is 0 Å². The summed E-state index contributed by atoms with van der Waals surface area (Å²) < 4.78 is 33.4. The van der Waals surface area contributed by atoms with Crippen molar-refractivity contribution in [2.45, 2.75) is 29.5 Å². The monoisotopic (exact) mass is 464 g/mol. The van der Waals surface area contributed by atoms with Gasteiger partial charge >= 0.3 is 5.97 Å². The molecule has 1 N–H and O–H groups in total. The van der Waals surface area contributed by atoms with E-state index in [2.05, 4.69) is 5.32 Å². The fourth-order valence-corrected chi connectivity index (χ4v) is 7.45. The van der Waals surface area contributed by atoms with Crippen LogP contribution in [0.4, 0.5) is 5.69 Å². The van der Waals surface area contributed by atoms with Gasteiger partial charge < -0.3 is 10.1 Å². The van der Waals surface area contributed by atoms with Crippen LogP contribution >= 0.6 is 22.7 Å². The molecule has 1 aliphatic heterocycles. The molecule has 0 spiro atoms. The number of carbonyl (C=O) groups is 2. The van der Waals surface area contributed by atoms with Gasteiger partial charge in [-0.2, -0.15) is 4.31 Å². The number of hydrogen-bond acceptors (Lipinski definition) is 7. The molecule has 3 heterocycles. The van der Waals surface area contributed by atoms with Gasteiger partial charge in [0.2, 0.25) is 5.91 Å². The number of thiophene rings is 2. The van der Waals surface area contributed by atoms with E-state index in [0.717, 1.165) is 27.8 Å². The molecule has 3 aromatic rings. The first-order chi connectivity index (χ1) is 14.4. The summed E-state index contributed by atoms with van der Waals surface area (Å²) in [5, 5.41) is 5.26. The second-order valence-corrected chi connectivity index (χ2v) is 11.0. The van der Waals surface area contributed by atoms with Crippen LogP contribution in [0.15, 0.2) is 46.0 Å². The number of sulfonamides is 1. The molecule has 0 aliphatic carbocycles. The molecule has 4 rings (SSSR count). The van der Waals surface area contributed by atoms with Gasteiger partial charge in [0.25, 0.3) is 10.0 Å². The molecule has 1 aliphatic rings. The lowest BCUT2D eigenvalue weighted by Crippen LogP contribution is -2.49. The van der Waals surface area contributed by atoms with Gasteiger partial charge in [0.05, 0.1) is 12.8 Å². The zero-order valence-corrected chi connectivity index (χ0v) is 18.6. The van der Waals surface area contributed by atoms with Crippen molar-refractivity contribution in [1.29, 1.82) is 0 Å². The first kappa shape index (κ1) is 21.0. The molecule has 0 radical (unpaired) electrons. The lowest BCUT2D eigenvalue weighted by atomic mass is 10.0. The second-order valence-electron chi connectivity index (χ2n) is 6.84. The molecule has 2 aromatic heterocycles.